The van der Waals surface area contributed by atoms with Crippen molar-refractivity contribution in [2.75, 3.05) is 19.6 Å². The predicted molar refractivity (Wildman–Crippen MR) is 88.6 cm³/mol. The van der Waals surface area contributed by atoms with Gasteiger partial charge in [0, 0.05) is 13.1 Å². The molecule has 2 amide bonds. The zero-order chi connectivity index (χ0) is 17.8. The Morgan fingerprint density at radius 2 is 1.78 bits per heavy atom. The second-order valence-electron chi connectivity index (χ2n) is 5.80. The van der Waals surface area contributed by atoms with Crippen molar-refractivity contribution in [2.24, 2.45) is 5.73 Å². The molecule has 7 nitrogen and oxygen atoms in total. The molecule has 23 heavy (non-hydrogen) atoms. The maximum Gasteiger partial charge on any atom is 0.307 e. The van der Waals surface area contributed by atoms with Gasteiger partial charge in [-0.1, -0.05) is 13.8 Å². The van der Waals surface area contributed by atoms with Crippen LogP contribution < -0.4 is 11.1 Å². The summed E-state index contributed by atoms with van der Waals surface area (Å²) in [7, 11) is 0. The van der Waals surface area contributed by atoms with Crippen LogP contribution in [0, 0.1) is 0 Å². The first kappa shape index (κ1) is 21.4. The fourth-order valence-corrected chi connectivity index (χ4v) is 2.19. The molecule has 0 aromatic heterocycles. The number of nitrogens with zero attached hydrogens (tertiary/aromatic N) is 1. The van der Waals surface area contributed by atoms with Crippen molar-refractivity contribution in [3.63, 3.8) is 0 Å². The standard InChI is InChI=1S/C16H31N3O4/c1-5-8-18-14(20)11-13(16(17)22)19(9-6-2)10-7-15(21)23-12(3)4/h12-13H,5-11H2,1-4H3,(H2,17,22)(H,18,20)/t13-/m0/s1. The lowest BCUT2D eigenvalue weighted by Crippen LogP contribution is -2.48. The molecule has 0 aromatic carbocycles. The van der Waals surface area contributed by atoms with Crippen molar-refractivity contribution >= 4 is 17.8 Å². The fraction of sp³-hybridized carbons (Fsp3) is 0.812. The van der Waals surface area contributed by atoms with Crippen LogP contribution in [0.2, 0.25) is 0 Å². The molecule has 0 aliphatic carbocycles. The Bertz CT molecular complexity index is 386. The van der Waals surface area contributed by atoms with Gasteiger partial charge in [-0.05, 0) is 33.2 Å². The monoisotopic (exact) mass is 329 g/mol. The van der Waals surface area contributed by atoms with Gasteiger partial charge in [0.1, 0.15) is 0 Å². The number of amides is 2. The molecule has 0 unspecified atom stereocenters. The van der Waals surface area contributed by atoms with Crippen molar-refractivity contribution in [1.29, 1.82) is 0 Å². The molecule has 3 N–H and O–H groups in total. The van der Waals surface area contributed by atoms with Crippen LogP contribution in [0.15, 0.2) is 0 Å². The first-order chi connectivity index (χ1) is 10.8. The summed E-state index contributed by atoms with van der Waals surface area (Å²) in [6, 6.07) is -0.710. The van der Waals surface area contributed by atoms with Crippen LogP contribution in [0.5, 0.6) is 0 Å². The van der Waals surface area contributed by atoms with Crippen LogP contribution in [0.25, 0.3) is 0 Å². The smallest absolute Gasteiger partial charge is 0.307 e. The lowest BCUT2D eigenvalue weighted by atomic mass is 10.1. The Hall–Kier alpha value is -1.63. The van der Waals surface area contributed by atoms with Crippen molar-refractivity contribution in [3.8, 4) is 0 Å². The maximum atomic E-state index is 11.9. The number of hydrogen-bond acceptors (Lipinski definition) is 5. The van der Waals surface area contributed by atoms with E-state index in [4.69, 9.17) is 10.5 Å². The van der Waals surface area contributed by atoms with E-state index >= 15 is 0 Å². The normalized spacial score (nSPS) is 12.3. The number of ether oxygens (including phenoxy) is 1. The number of carbonyl (C=O) groups excluding carboxylic acids is 3. The van der Waals surface area contributed by atoms with Gasteiger partial charge in [-0.25, -0.2) is 0 Å². The molecule has 0 aliphatic rings. The quantitative estimate of drug-likeness (QED) is 0.516. The third-order valence-corrected chi connectivity index (χ3v) is 3.20. The molecule has 0 fully saturated rings. The highest BCUT2D eigenvalue weighted by atomic mass is 16.5. The van der Waals surface area contributed by atoms with Gasteiger partial charge < -0.3 is 15.8 Å². The number of esters is 1. The van der Waals surface area contributed by atoms with Crippen LogP contribution in [0.4, 0.5) is 0 Å². The summed E-state index contributed by atoms with van der Waals surface area (Å²) >= 11 is 0. The van der Waals surface area contributed by atoms with E-state index in [1.807, 2.05) is 13.8 Å². The van der Waals surface area contributed by atoms with Crippen LogP contribution in [-0.4, -0.2) is 54.5 Å². The third-order valence-electron chi connectivity index (χ3n) is 3.20. The molecule has 134 valence electrons. The van der Waals surface area contributed by atoms with E-state index in [1.165, 1.54) is 0 Å². The summed E-state index contributed by atoms with van der Waals surface area (Å²) in [5.41, 5.74) is 5.46. The first-order valence-electron chi connectivity index (χ1n) is 8.31. The molecule has 1 atom stereocenters. The number of primary amides is 1. The molecule has 0 rings (SSSR count). The molecule has 0 aliphatic heterocycles. The van der Waals surface area contributed by atoms with Crippen LogP contribution >= 0.6 is 0 Å². The van der Waals surface area contributed by atoms with E-state index in [0.717, 1.165) is 12.8 Å². The number of rotatable bonds is 12. The molecule has 0 spiro atoms. The first-order valence-corrected chi connectivity index (χ1v) is 8.31. The van der Waals surface area contributed by atoms with Gasteiger partial charge in [-0.15, -0.1) is 0 Å². The van der Waals surface area contributed by atoms with E-state index in [0.29, 0.717) is 19.6 Å². The SMILES string of the molecule is CCCNC(=O)C[C@@H](C(N)=O)N(CCC)CCC(=O)OC(C)C. The van der Waals surface area contributed by atoms with Gasteiger partial charge in [0.15, 0.2) is 0 Å². The maximum absolute atomic E-state index is 11.9. The lowest BCUT2D eigenvalue weighted by Gasteiger charge is -2.28. The molecule has 0 saturated carbocycles. The number of carbonyl (C=O) groups is 3. The van der Waals surface area contributed by atoms with E-state index in [-0.39, 0.29) is 30.8 Å². The molecule has 7 heteroatoms. The summed E-state index contributed by atoms with van der Waals surface area (Å²) < 4.78 is 5.09. The predicted octanol–water partition coefficient (Wildman–Crippen LogP) is 0.810. The lowest BCUT2D eigenvalue weighted by molar-refractivity contribution is -0.148. The zero-order valence-electron chi connectivity index (χ0n) is 14.8. The van der Waals surface area contributed by atoms with E-state index in [2.05, 4.69) is 5.32 Å². The largest absolute Gasteiger partial charge is 0.463 e. The zero-order valence-corrected chi connectivity index (χ0v) is 14.8. The summed E-state index contributed by atoms with van der Waals surface area (Å²) in [4.78, 5) is 37.1. The summed E-state index contributed by atoms with van der Waals surface area (Å²) in [5.74, 6) is -1.08. The Kier molecular flexibility index (Phi) is 11.0. The van der Waals surface area contributed by atoms with Crippen molar-refractivity contribution in [3.05, 3.63) is 0 Å². The van der Waals surface area contributed by atoms with Crippen LogP contribution in [-0.2, 0) is 19.1 Å². The Labute approximate surface area is 138 Å². The number of nitrogens with one attached hydrogen (secondary N) is 1. The fourth-order valence-electron chi connectivity index (χ4n) is 2.19. The van der Waals surface area contributed by atoms with E-state index < -0.39 is 11.9 Å². The minimum absolute atomic E-state index is 0.00849. The van der Waals surface area contributed by atoms with Gasteiger partial charge in [0.2, 0.25) is 11.8 Å². The Morgan fingerprint density at radius 3 is 2.26 bits per heavy atom. The average Bonchev–Trinajstić information content (AvgIpc) is 2.46. The molecular weight excluding hydrogens is 298 g/mol. The highest BCUT2D eigenvalue weighted by Crippen LogP contribution is 2.08. The van der Waals surface area contributed by atoms with Crippen LogP contribution in [0.3, 0.4) is 0 Å². The molecule has 0 radical (unpaired) electrons. The summed E-state index contributed by atoms with van der Waals surface area (Å²) in [6.07, 6.45) is 1.62. The highest BCUT2D eigenvalue weighted by Gasteiger charge is 2.26. The minimum atomic E-state index is -0.710. The average molecular weight is 329 g/mol. The van der Waals surface area contributed by atoms with Gasteiger partial charge >= 0.3 is 5.97 Å². The second kappa shape index (κ2) is 11.9. The van der Waals surface area contributed by atoms with Gasteiger partial charge in [0.25, 0.3) is 0 Å². The topological polar surface area (TPSA) is 102 Å². The van der Waals surface area contributed by atoms with Crippen LogP contribution in [0.1, 0.15) is 53.4 Å². The van der Waals surface area contributed by atoms with Gasteiger partial charge in [0.05, 0.1) is 25.0 Å². The molecule has 0 heterocycles. The highest BCUT2D eigenvalue weighted by molar-refractivity contribution is 5.87. The second-order valence-corrected chi connectivity index (χ2v) is 5.80. The molecule has 0 saturated heterocycles. The Balaban J connectivity index is 4.72. The summed E-state index contributed by atoms with van der Waals surface area (Å²) in [5, 5.41) is 2.74. The molecule has 0 bridgehead atoms. The van der Waals surface area contributed by atoms with E-state index in [9.17, 15) is 14.4 Å². The molecular formula is C16H31N3O4. The van der Waals surface area contributed by atoms with E-state index in [1.54, 1.807) is 18.7 Å². The summed E-state index contributed by atoms with van der Waals surface area (Å²) in [6.45, 7) is 8.98. The third kappa shape index (κ3) is 9.89. The number of nitrogens with two attached hydrogens (primary N) is 1. The molecule has 0 aromatic rings. The van der Waals surface area contributed by atoms with Crippen molar-refractivity contribution in [2.45, 2.75) is 65.5 Å². The minimum Gasteiger partial charge on any atom is -0.463 e. The van der Waals surface area contributed by atoms with Crippen molar-refractivity contribution < 1.29 is 19.1 Å². The Morgan fingerprint density at radius 1 is 1.13 bits per heavy atom. The van der Waals surface area contributed by atoms with Crippen molar-refractivity contribution in [1.82, 2.24) is 10.2 Å². The van der Waals surface area contributed by atoms with Gasteiger partial charge in [-0.3, -0.25) is 19.3 Å². The van der Waals surface area contributed by atoms with Gasteiger partial charge in [-0.2, -0.15) is 0 Å². The number of hydrogen-bond donors (Lipinski definition) is 2.